The molecule has 4 rings (SSSR count). The van der Waals surface area contributed by atoms with Gasteiger partial charge in [0.2, 0.25) is 10.0 Å². The van der Waals surface area contributed by atoms with Crippen molar-refractivity contribution in [1.29, 1.82) is 0 Å². The molecule has 1 saturated heterocycles. The minimum atomic E-state index is -3.80. The molecule has 1 aromatic carbocycles. The van der Waals surface area contributed by atoms with Crippen LogP contribution < -0.4 is 0 Å². The second-order valence-electron chi connectivity index (χ2n) is 7.42. The second kappa shape index (κ2) is 7.77. The third-order valence-electron chi connectivity index (χ3n) is 5.15. The molecule has 0 N–H and O–H groups in total. The molecule has 1 aliphatic rings. The summed E-state index contributed by atoms with van der Waals surface area (Å²) in [4.78, 5) is 15.1. The standard InChI is InChI=1S/C20H23N3O5S2/c1-12-19(13(2)28-21-12)30(25,26)23-9-10-27-15(11-23)17-14-7-5-6-8-16(14)29-18(17)20(24)22(3)4/h5-8,15H,9-11H2,1-4H3/t15-/m0/s1. The molecule has 0 unspecified atom stereocenters. The number of fused-ring (bicyclic) bond motifs is 1. The fourth-order valence-electron chi connectivity index (χ4n) is 3.74. The van der Waals surface area contributed by atoms with E-state index in [1.807, 2.05) is 24.3 Å². The Balaban J connectivity index is 1.76. The van der Waals surface area contributed by atoms with Gasteiger partial charge in [-0.2, -0.15) is 4.31 Å². The molecule has 0 aliphatic carbocycles. The summed E-state index contributed by atoms with van der Waals surface area (Å²) < 4.78 is 40.0. The van der Waals surface area contributed by atoms with Crippen molar-refractivity contribution in [1.82, 2.24) is 14.4 Å². The lowest BCUT2D eigenvalue weighted by Gasteiger charge is -2.32. The molecule has 8 nitrogen and oxygen atoms in total. The number of carbonyl (C=O) groups excluding carboxylic acids is 1. The van der Waals surface area contributed by atoms with Gasteiger partial charge in [-0.15, -0.1) is 11.3 Å². The van der Waals surface area contributed by atoms with E-state index < -0.39 is 16.1 Å². The van der Waals surface area contributed by atoms with E-state index in [4.69, 9.17) is 9.26 Å². The molecule has 1 amide bonds. The zero-order valence-corrected chi connectivity index (χ0v) is 18.8. The summed E-state index contributed by atoms with van der Waals surface area (Å²) in [6.07, 6.45) is -0.552. The van der Waals surface area contributed by atoms with E-state index in [1.54, 1.807) is 27.9 Å². The summed E-state index contributed by atoms with van der Waals surface area (Å²) in [6.45, 7) is 3.77. The van der Waals surface area contributed by atoms with Gasteiger partial charge in [0.25, 0.3) is 5.91 Å². The zero-order chi connectivity index (χ0) is 21.6. The topological polar surface area (TPSA) is 93.0 Å². The molecule has 160 valence electrons. The molecule has 0 radical (unpaired) electrons. The van der Waals surface area contributed by atoms with Gasteiger partial charge in [-0.25, -0.2) is 8.42 Å². The van der Waals surface area contributed by atoms with Gasteiger partial charge < -0.3 is 14.2 Å². The summed E-state index contributed by atoms with van der Waals surface area (Å²) in [5.74, 6) is 0.139. The van der Waals surface area contributed by atoms with Crippen LogP contribution in [0.1, 0.15) is 32.8 Å². The average Bonchev–Trinajstić information content (AvgIpc) is 3.27. The highest BCUT2D eigenvalue weighted by Crippen LogP contribution is 2.39. The van der Waals surface area contributed by atoms with Crippen LogP contribution in [0.25, 0.3) is 10.1 Å². The van der Waals surface area contributed by atoms with E-state index in [0.717, 1.165) is 15.6 Å². The molecule has 3 aromatic rings. The lowest BCUT2D eigenvalue weighted by Crippen LogP contribution is -2.42. The van der Waals surface area contributed by atoms with Crippen LogP contribution in [-0.4, -0.2) is 62.5 Å². The van der Waals surface area contributed by atoms with Gasteiger partial charge in [0, 0.05) is 37.4 Å². The number of hydrogen-bond acceptors (Lipinski definition) is 7. The van der Waals surface area contributed by atoms with Crippen molar-refractivity contribution >= 4 is 37.4 Å². The summed E-state index contributed by atoms with van der Waals surface area (Å²) in [6, 6.07) is 7.72. The summed E-state index contributed by atoms with van der Waals surface area (Å²) >= 11 is 1.40. The number of rotatable bonds is 4. The molecule has 0 bridgehead atoms. The number of thiophene rings is 1. The number of amides is 1. The third kappa shape index (κ3) is 3.43. The Hall–Kier alpha value is -2.27. The monoisotopic (exact) mass is 449 g/mol. The van der Waals surface area contributed by atoms with Crippen molar-refractivity contribution in [2.45, 2.75) is 24.8 Å². The van der Waals surface area contributed by atoms with Crippen molar-refractivity contribution in [2.24, 2.45) is 0 Å². The Morgan fingerprint density at radius 3 is 2.67 bits per heavy atom. The fraction of sp³-hybridized carbons (Fsp3) is 0.400. The van der Waals surface area contributed by atoms with Crippen LogP contribution in [0.15, 0.2) is 33.7 Å². The third-order valence-corrected chi connectivity index (χ3v) is 8.44. The quantitative estimate of drug-likeness (QED) is 0.608. The van der Waals surface area contributed by atoms with Gasteiger partial charge in [0.1, 0.15) is 10.6 Å². The first-order chi connectivity index (χ1) is 14.2. The Morgan fingerprint density at radius 1 is 1.27 bits per heavy atom. The van der Waals surface area contributed by atoms with Crippen LogP contribution in [0.4, 0.5) is 0 Å². The van der Waals surface area contributed by atoms with Crippen LogP contribution in [-0.2, 0) is 14.8 Å². The predicted octanol–water partition coefficient (Wildman–Crippen LogP) is 2.97. The number of sulfonamides is 1. The van der Waals surface area contributed by atoms with Gasteiger partial charge in [0.15, 0.2) is 5.76 Å². The summed E-state index contributed by atoms with van der Waals surface area (Å²) in [5.41, 5.74) is 1.08. The van der Waals surface area contributed by atoms with Crippen molar-refractivity contribution in [3.63, 3.8) is 0 Å². The maximum atomic E-state index is 13.3. The van der Waals surface area contributed by atoms with Gasteiger partial charge in [-0.1, -0.05) is 23.4 Å². The number of hydrogen-bond donors (Lipinski definition) is 0. The molecular weight excluding hydrogens is 426 g/mol. The molecule has 30 heavy (non-hydrogen) atoms. The molecule has 1 fully saturated rings. The highest BCUT2D eigenvalue weighted by atomic mass is 32.2. The predicted molar refractivity (Wildman–Crippen MR) is 113 cm³/mol. The van der Waals surface area contributed by atoms with Crippen LogP contribution in [0.2, 0.25) is 0 Å². The van der Waals surface area contributed by atoms with E-state index in [2.05, 4.69) is 5.16 Å². The fourth-order valence-corrected chi connectivity index (χ4v) is 6.73. The first kappa shape index (κ1) is 21.0. The molecule has 0 spiro atoms. The second-order valence-corrected chi connectivity index (χ2v) is 10.3. The number of ether oxygens (including phenoxy) is 1. The number of benzene rings is 1. The molecule has 10 heteroatoms. The highest BCUT2D eigenvalue weighted by molar-refractivity contribution is 7.89. The highest BCUT2D eigenvalue weighted by Gasteiger charge is 2.37. The number of morpholine rings is 1. The zero-order valence-electron chi connectivity index (χ0n) is 17.2. The Labute approximate surface area is 179 Å². The minimum absolute atomic E-state index is 0.0999. The minimum Gasteiger partial charge on any atom is -0.371 e. The SMILES string of the molecule is Cc1noc(C)c1S(=O)(=O)N1CCO[C@H](c2c(C(=O)N(C)C)sc3ccccc23)C1. The van der Waals surface area contributed by atoms with E-state index in [9.17, 15) is 13.2 Å². The number of nitrogens with zero attached hydrogens (tertiary/aromatic N) is 3. The molecule has 1 atom stereocenters. The smallest absolute Gasteiger partial charge is 0.263 e. The summed E-state index contributed by atoms with van der Waals surface area (Å²) in [5, 5.41) is 4.69. The lowest BCUT2D eigenvalue weighted by atomic mass is 10.0. The van der Waals surface area contributed by atoms with E-state index in [-0.39, 0.29) is 36.3 Å². The Kier molecular flexibility index (Phi) is 5.43. The maximum absolute atomic E-state index is 13.3. The van der Waals surface area contributed by atoms with Crippen molar-refractivity contribution in [3.8, 4) is 0 Å². The Bertz CT molecular complexity index is 1190. The number of aryl methyl sites for hydroxylation is 2. The maximum Gasteiger partial charge on any atom is 0.263 e. The van der Waals surface area contributed by atoms with Crippen LogP contribution >= 0.6 is 11.3 Å². The number of carbonyl (C=O) groups is 1. The van der Waals surface area contributed by atoms with E-state index in [0.29, 0.717) is 10.6 Å². The largest absolute Gasteiger partial charge is 0.371 e. The normalized spacial score (nSPS) is 18.1. The molecule has 3 heterocycles. The van der Waals surface area contributed by atoms with Crippen molar-refractivity contribution in [3.05, 3.63) is 46.2 Å². The first-order valence-corrected chi connectivity index (χ1v) is 11.7. The van der Waals surface area contributed by atoms with Crippen LogP contribution in [0, 0.1) is 13.8 Å². The lowest BCUT2D eigenvalue weighted by molar-refractivity contribution is -0.00206. The Morgan fingerprint density at radius 2 is 2.00 bits per heavy atom. The molecule has 1 aliphatic heterocycles. The molecular formula is C20H23N3O5S2. The van der Waals surface area contributed by atoms with Gasteiger partial charge in [-0.05, 0) is 25.3 Å². The van der Waals surface area contributed by atoms with Gasteiger partial charge in [-0.3, -0.25) is 4.79 Å². The van der Waals surface area contributed by atoms with Gasteiger partial charge in [0.05, 0.1) is 17.6 Å². The van der Waals surface area contributed by atoms with E-state index >= 15 is 0 Å². The van der Waals surface area contributed by atoms with Gasteiger partial charge >= 0.3 is 0 Å². The van der Waals surface area contributed by atoms with E-state index in [1.165, 1.54) is 20.5 Å². The number of aromatic nitrogens is 1. The first-order valence-electron chi connectivity index (χ1n) is 9.49. The van der Waals surface area contributed by atoms with Crippen molar-refractivity contribution in [2.75, 3.05) is 33.8 Å². The van der Waals surface area contributed by atoms with Crippen molar-refractivity contribution < 1.29 is 22.5 Å². The van der Waals surface area contributed by atoms with Crippen LogP contribution in [0.3, 0.4) is 0 Å². The average molecular weight is 450 g/mol. The summed E-state index contributed by atoms with van der Waals surface area (Å²) in [7, 11) is -0.400. The van der Waals surface area contributed by atoms with Crippen LogP contribution in [0.5, 0.6) is 0 Å². The molecule has 0 saturated carbocycles. The molecule has 2 aromatic heterocycles.